The van der Waals surface area contributed by atoms with E-state index in [1.165, 1.54) is 0 Å². The lowest BCUT2D eigenvalue weighted by molar-refractivity contribution is -0.116. The van der Waals surface area contributed by atoms with Gasteiger partial charge in [0.15, 0.2) is 0 Å². The molecule has 0 aliphatic carbocycles. The van der Waals surface area contributed by atoms with Crippen LogP contribution in [-0.2, 0) is 4.79 Å². The van der Waals surface area contributed by atoms with Crippen molar-refractivity contribution in [3.63, 3.8) is 0 Å². The number of thiocarbonyl (C=S) groups is 1. The van der Waals surface area contributed by atoms with Crippen molar-refractivity contribution in [2.75, 3.05) is 0 Å². The van der Waals surface area contributed by atoms with Gasteiger partial charge in [0.25, 0.3) is 5.91 Å². The molecule has 5 heteroatoms. The van der Waals surface area contributed by atoms with Gasteiger partial charge in [0.2, 0.25) is 0 Å². The van der Waals surface area contributed by atoms with Gasteiger partial charge in [-0.15, -0.1) is 0 Å². The van der Waals surface area contributed by atoms with Crippen molar-refractivity contribution >= 4 is 35.2 Å². The highest BCUT2D eigenvalue weighted by Crippen LogP contribution is 2.09. The lowest BCUT2D eigenvalue weighted by Crippen LogP contribution is -2.50. The van der Waals surface area contributed by atoms with Crippen LogP contribution in [0.5, 0.6) is 0 Å². The van der Waals surface area contributed by atoms with Crippen LogP contribution < -0.4 is 10.6 Å². The van der Waals surface area contributed by atoms with Crippen LogP contribution in [0.4, 0.5) is 4.79 Å². The van der Waals surface area contributed by atoms with Gasteiger partial charge in [0.05, 0.1) is 5.57 Å². The summed E-state index contributed by atoms with van der Waals surface area (Å²) in [5, 5.41) is 4.51. The quantitative estimate of drug-likeness (QED) is 0.565. The number of benzene rings is 1. The standard InChI is InChI=1S/C11H8N2O2S/c14-9-8(10(16)13-11(15)12-9)6-7-4-2-1-3-5-7/h1-6H,(H2,12,13,14,15,16)/b8-6+. The molecule has 1 aromatic carbocycles. The van der Waals surface area contributed by atoms with Gasteiger partial charge in [-0.1, -0.05) is 42.5 Å². The van der Waals surface area contributed by atoms with Crippen molar-refractivity contribution in [2.24, 2.45) is 0 Å². The molecular formula is C11H8N2O2S. The van der Waals surface area contributed by atoms with Crippen LogP contribution in [0.1, 0.15) is 5.56 Å². The van der Waals surface area contributed by atoms with E-state index >= 15 is 0 Å². The van der Waals surface area contributed by atoms with E-state index in [0.29, 0.717) is 5.57 Å². The van der Waals surface area contributed by atoms with Gasteiger partial charge in [-0.2, -0.15) is 0 Å². The second-order valence-corrected chi connectivity index (χ2v) is 3.61. The van der Waals surface area contributed by atoms with Crippen molar-refractivity contribution in [3.8, 4) is 0 Å². The van der Waals surface area contributed by atoms with E-state index in [2.05, 4.69) is 10.6 Å². The fourth-order valence-electron chi connectivity index (χ4n) is 1.32. The summed E-state index contributed by atoms with van der Waals surface area (Å²) in [5.74, 6) is -0.474. The predicted octanol–water partition coefficient (Wildman–Crippen LogP) is 1.24. The SMILES string of the molecule is O=C1NC(=O)/C(=C\c2ccccc2)C(=S)N1. The van der Waals surface area contributed by atoms with E-state index in [-0.39, 0.29) is 4.99 Å². The number of carbonyl (C=O) groups is 2. The first-order valence-electron chi connectivity index (χ1n) is 4.60. The maximum Gasteiger partial charge on any atom is 0.326 e. The minimum atomic E-state index is -0.583. The highest BCUT2D eigenvalue weighted by Gasteiger charge is 2.24. The van der Waals surface area contributed by atoms with Crippen molar-refractivity contribution in [3.05, 3.63) is 41.5 Å². The Morgan fingerprint density at radius 3 is 2.38 bits per heavy atom. The molecule has 4 nitrogen and oxygen atoms in total. The predicted molar refractivity (Wildman–Crippen MR) is 63.7 cm³/mol. The van der Waals surface area contributed by atoms with Crippen LogP contribution in [0.3, 0.4) is 0 Å². The molecule has 16 heavy (non-hydrogen) atoms. The molecule has 1 fully saturated rings. The molecule has 0 saturated carbocycles. The van der Waals surface area contributed by atoms with E-state index in [4.69, 9.17) is 12.2 Å². The molecule has 0 aromatic heterocycles. The summed E-state index contributed by atoms with van der Waals surface area (Å²) >= 11 is 4.92. The molecule has 1 aromatic rings. The van der Waals surface area contributed by atoms with Crippen LogP contribution >= 0.6 is 12.2 Å². The summed E-state index contributed by atoms with van der Waals surface area (Å²) < 4.78 is 0. The number of rotatable bonds is 1. The third-order valence-corrected chi connectivity index (χ3v) is 2.38. The first kappa shape index (κ1) is 10.5. The second-order valence-electron chi connectivity index (χ2n) is 3.21. The second kappa shape index (κ2) is 4.24. The van der Waals surface area contributed by atoms with Gasteiger partial charge in [-0.3, -0.25) is 15.4 Å². The maximum absolute atomic E-state index is 11.5. The fraction of sp³-hybridized carbons (Fsp3) is 0. The van der Waals surface area contributed by atoms with E-state index in [1.807, 2.05) is 30.3 Å². The van der Waals surface area contributed by atoms with E-state index in [1.54, 1.807) is 6.08 Å². The van der Waals surface area contributed by atoms with Crippen LogP contribution in [0, 0.1) is 0 Å². The first-order valence-corrected chi connectivity index (χ1v) is 5.01. The smallest absolute Gasteiger partial charge is 0.298 e. The Balaban J connectivity index is 2.33. The van der Waals surface area contributed by atoms with Crippen LogP contribution in [0.2, 0.25) is 0 Å². The third-order valence-electron chi connectivity index (χ3n) is 2.05. The molecule has 1 saturated heterocycles. The molecule has 0 unspecified atom stereocenters. The third kappa shape index (κ3) is 2.14. The summed E-state index contributed by atoms with van der Waals surface area (Å²) in [4.78, 5) is 22.6. The number of hydrogen-bond donors (Lipinski definition) is 2. The minimum absolute atomic E-state index is 0.151. The zero-order valence-electron chi connectivity index (χ0n) is 8.19. The first-order chi connectivity index (χ1) is 7.66. The molecule has 80 valence electrons. The Bertz CT molecular complexity index is 472. The van der Waals surface area contributed by atoms with Crippen molar-refractivity contribution in [1.29, 1.82) is 0 Å². The normalized spacial score (nSPS) is 18.2. The van der Waals surface area contributed by atoms with Crippen molar-refractivity contribution in [2.45, 2.75) is 0 Å². The molecular weight excluding hydrogens is 224 g/mol. The molecule has 0 atom stereocenters. The molecule has 2 rings (SSSR count). The number of hydrogen-bond acceptors (Lipinski definition) is 3. The molecule has 0 spiro atoms. The summed E-state index contributed by atoms with van der Waals surface area (Å²) in [6, 6.07) is 8.70. The van der Waals surface area contributed by atoms with Crippen molar-refractivity contribution < 1.29 is 9.59 Å². The molecule has 1 aliphatic heterocycles. The van der Waals surface area contributed by atoms with Gasteiger partial charge in [0.1, 0.15) is 4.99 Å². The van der Waals surface area contributed by atoms with Crippen LogP contribution in [0.15, 0.2) is 35.9 Å². The van der Waals surface area contributed by atoms with E-state index in [9.17, 15) is 9.59 Å². The zero-order valence-corrected chi connectivity index (χ0v) is 9.01. The molecule has 0 bridgehead atoms. The lowest BCUT2D eigenvalue weighted by atomic mass is 10.1. The molecule has 0 radical (unpaired) electrons. The maximum atomic E-state index is 11.5. The Morgan fingerprint density at radius 2 is 1.75 bits per heavy atom. The summed E-state index contributed by atoms with van der Waals surface area (Å²) in [7, 11) is 0. The Morgan fingerprint density at radius 1 is 1.06 bits per heavy atom. The highest BCUT2D eigenvalue weighted by atomic mass is 32.1. The fourth-order valence-corrected chi connectivity index (χ4v) is 1.57. The lowest BCUT2D eigenvalue weighted by Gasteiger charge is -2.16. The Labute approximate surface area is 97.3 Å². The summed E-state index contributed by atoms with van der Waals surface area (Å²) in [6.07, 6.45) is 1.64. The van der Waals surface area contributed by atoms with Gasteiger partial charge in [0, 0.05) is 0 Å². The Kier molecular flexibility index (Phi) is 2.78. The number of urea groups is 1. The molecule has 3 amide bonds. The largest absolute Gasteiger partial charge is 0.326 e. The Hall–Kier alpha value is -2.01. The number of nitrogens with one attached hydrogen (secondary N) is 2. The number of imide groups is 1. The summed E-state index contributed by atoms with van der Waals surface area (Å²) in [5.41, 5.74) is 1.15. The average Bonchev–Trinajstić information content (AvgIpc) is 2.25. The van der Waals surface area contributed by atoms with Gasteiger partial charge >= 0.3 is 6.03 Å². The van der Waals surface area contributed by atoms with E-state index < -0.39 is 11.9 Å². The molecule has 1 aliphatic rings. The molecule has 2 N–H and O–H groups in total. The summed E-state index contributed by atoms with van der Waals surface area (Å²) in [6.45, 7) is 0. The van der Waals surface area contributed by atoms with Crippen LogP contribution in [-0.4, -0.2) is 16.9 Å². The average molecular weight is 232 g/mol. The monoisotopic (exact) mass is 232 g/mol. The van der Waals surface area contributed by atoms with Gasteiger partial charge in [-0.05, 0) is 11.6 Å². The highest BCUT2D eigenvalue weighted by molar-refractivity contribution is 7.81. The molecule has 1 heterocycles. The topological polar surface area (TPSA) is 58.2 Å². The zero-order chi connectivity index (χ0) is 11.5. The van der Waals surface area contributed by atoms with Gasteiger partial charge in [-0.25, -0.2) is 4.79 Å². The van der Waals surface area contributed by atoms with E-state index in [0.717, 1.165) is 5.56 Å². The number of carbonyl (C=O) groups excluding carboxylic acids is 2. The van der Waals surface area contributed by atoms with Crippen LogP contribution in [0.25, 0.3) is 6.08 Å². The van der Waals surface area contributed by atoms with Gasteiger partial charge < -0.3 is 0 Å². The minimum Gasteiger partial charge on any atom is -0.298 e. The van der Waals surface area contributed by atoms with Crippen molar-refractivity contribution in [1.82, 2.24) is 10.6 Å². The number of amides is 3.